The maximum Gasteiger partial charge on any atom is 0.253 e. The molecule has 2 heterocycles. The first kappa shape index (κ1) is 35.2. The molecule has 52 heavy (non-hydrogen) atoms. The summed E-state index contributed by atoms with van der Waals surface area (Å²) in [6.07, 6.45) is 2.33. The molecule has 1 amide bonds. The normalized spacial score (nSPS) is 19.4. The number of rotatable bonds is 11. The molecule has 1 aromatic heterocycles. The molecule has 1 aliphatic rings. The number of hydrogen-bond donors (Lipinski definition) is 2. The topological polar surface area (TPSA) is 83.9 Å². The van der Waals surface area contributed by atoms with E-state index in [-0.39, 0.29) is 36.7 Å². The van der Waals surface area contributed by atoms with Crippen molar-refractivity contribution in [3.63, 3.8) is 0 Å². The SMILES string of the molecule is C[C@@H]1[C@H](CN(C)[C@H](C)c2ccc3ccccc3c2)O[C@H](c2ccc(-c3ccccc3CNC(=O)c3cccnc3)cc2)O[C@@H]1c1ccc(CO)cc1. The third-order valence-electron chi connectivity index (χ3n) is 10.4. The predicted octanol–water partition coefficient (Wildman–Crippen LogP) is 8.81. The van der Waals surface area contributed by atoms with Gasteiger partial charge in [0.05, 0.1) is 24.4 Å². The van der Waals surface area contributed by atoms with Gasteiger partial charge < -0.3 is 19.9 Å². The first-order chi connectivity index (χ1) is 25.4. The number of aromatic nitrogens is 1. The van der Waals surface area contributed by atoms with Crippen molar-refractivity contribution in [1.29, 1.82) is 0 Å². The zero-order valence-electron chi connectivity index (χ0n) is 29.9. The third kappa shape index (κ3) is 7.83. The lowest BCUT2D eigenvalue weighted by molar-refractivity contribution is -0.276. The van der Waals surface area contributed by atoms with E-state index in [0.717, 1.165) is 39.9 Å². The third-order valence-corrected chi connectivity index (χ3v) is 10.4. The van der Waals surface area contributed by atoms with Crippen LogP contribution in [0.15, 0.2) is 140 Å². The van der Waals surface area contributed by atoms with Gasteiger partial charge in [-0.25, -0.2) is 0 Å². The molecule has 6 aromatic rings. The highest BCUT2D eigenvalue weighted by Crippen LogP contribution is 2.42. The zero-order valence-corrected chi connectivity index (χ0v) is 29.9. The van der Waals surface area contributed by atoms with Gasteiger partial charge in [-0.05, 0) is 76.3 Å². The van der Waals surface area contributed by atoms with E-state index in [1.54, 1.807) is 24.5 Å². The Balaban J connectivity index is 1.11. The molecule has 7 heteroatoms. The van der Waals surface area contributed by atoms with Crippen molar-refractivity contribution in [2.24, 2.45) is 5.92 Å². The van der Waals surface area contributed by atoms with E-state index in [1.807, 2.05) is 30.3 Å². The second-order valence-electron chi connectivity index (χ2n) is 13.7. The molecule has 1 saturated heterocycles. The molecule has 5 atom stereocenters. The van der Waals surface area contributed by atoms with Crippen LogP contribution in [-0.2, 0) is 22.6 Å². The monoisotopic (exact) mass is 691 g/mol. The lowest BCUT2D eigenvalue weighted by atomic mass is 9.89. The lowest BCUT2D eigenvalue weighted by Gasteiger charge is -2.43. The second kappa shape index (κ2) is 16.0. The highest BCUT2D eigenvalue weighted by Gasteiger charge is 2.39. The Kier molecular flexibility index (Phi) is 10.8. The summed E-state index contributed by atoms with van der Waals surface area (Å²) in [6, 6.07) is 43.3. The molecule has 0 saturated carbocycles. The summed E-state index contributed by atoms with van der Waals surface area (Å²) in [6.45, 7) is 5.56. The Hall–Kier alpha value is -5.18. The number of pyridine rings is 1. The number of ether oxygens (including phenoxy) is 2. The molecular weight excluding hydrogens is 647 g/mol. The average Bonchev–Trinajstić information content (AvgIpc) is 3.20. The average molecular weight is 692 g/mol. The van der Waals surface area contributed by atoms with Gasteiger partial charge in [0.15, 0.2) is 6.29 Å². The molecule has 1 aliphatic heterocycles. The molecule has 264 valence electrons. The van der Waals surface area contributed by atoms with Gasteiger partial charge >= 0.3 is 0 Å². The van der Waals surface area contributed by atoms with E-state index in [4.69, 9.17) is 9.47 Å². The summed E-state index contributed by atoms with van der Waals surface area (Å²) in [4.78, 5) is 19.2. The number of nitrogens with one attached hydrogen (secondary N) is 1. The Morgan fingerprint density at radius 3 is 2.33 bits per heavy atom. The van der Waals surface area contributed by atoms with Crippen molar-refractivity contribution in [2.45, 2.75) is 51.5 Å². The molecule has 0 radical (unpaired) electrons. The summed E-state index contributed by atoms with van der Waals surface area (Å²) in [5, 5.41) is 15.2. The first-order valence-corrected chi connectivity index (χ1v) is 17.9. The van der Waals surface area contributed by atoms with Crippen LogP contribution in [0.25, 0.3) is 21.9 Å². The van der Waals surface area contributed by atoms with E-state index in [1.165, 1.54) is 16.3 Å². The van der Waals surface area contributed by atoms with Crippen LogP contribution in [0.4, 0.5) is 0 Å². The minimum absolute atomic E-state index is 0.000469. The van der Waals surface area contributed by atoms with Crippen molar-refractivity contribution >= 4 is 16.7 Å². The molecular formula is C45H45N3O4. The molecule has 0 aliphatic carbocycles. The van der Waals surface area contributed by atoms with Crippen molar-refractivity contribution in [3.8, 4) is 11.1 Å². The maximum atomic E-state index is 12.7. The number of nitrogens with zero attached hydrogens (tertiary/aromatic N) is 2. The molecule has 7 rings (SSSR count). The Bertz CT molecular complexity index is 2100. The van der Waals surface area contributed by atoms with Gasteiger partial charge in [-0.2, -0.15) is 0 Å². The van der Waals surface area contributed by atoms with Crippen LogP contribution in [0.2, 0.25) is 0 Å². The molecule has 2 N–H and O–H groups in total. The lowest BCUT2D eigenvalue weighted by Crippen LogP contribution is -2.44. The quantitative estimate of drug-likeness (QED) is 0.141. The molecule has 0 spiro atoms. The van der Waals surface area contributed by atoms with Crippen molar-refractivity contribution in [3.05, 3.63) is 173 Å². The van der Waals surface area contributed by atoms with Gasteiger partial charge in [0, 0.05) is 43.0 Å². The predicted molar refractivity (Wildman–Crippen MR) is 205 cm³/mol. The van der Waals surface area contributed by atoms with Gasteiger partial charge in [-0.3, -0.25) is 14.7 Å². The van der Waals surface area contributed by atoms with Crippen LogP contribution in [0.5, 0.6) is 0 Å². The highest BCUT2D eigenvalue weighted by molar-refractivity contribution is 5.93. The van der Waals surface area contributed by atoms with Crippen molar-refractivity contribution in [1.82, 2.24) is 15.2 Å². The fourth-order valence-corrected chi connectivity index (χ4v) is 7.04. The van der Waals surface area contributed by atoms with Crippen LogP contribution in [0.1, 0.15) is 70.5 Å². The van der Waals surface area contributed by atoms with Crippen LogP contribution in [-0.4, -0.2) is 40.6 Å². The molecule has 0 bridgehead atoms. The van der Waals surface area contributed by atoms with Gasteiger partial charge in [-0.1, -0.05) is 116 Å². The first-order valence-electron chi connectivity index (χ1n) is 17.9. The standard InChI is InChI=1S/C45H45N3O4/c1-30-42(28-48(3)31(2)37-23-18-33-9-4-5-10-38(33)25-37)51-45(52-43(30)35-16-14-32(29-49)15-17-35)36-21-19-34(20-22-36)41-13-7-6-11-39(41)27-47-44(50)40-12-8-24-46-26-40/h4-26,30-31,42-43,45,49H,27-29H2,1-3H3,(H,47,50)/t30-,31-,42+,43+,45+/m1/s1. The number of carbonyl (C=O) groups excluding carboxylic acids is 1. The van der Waals surface area contributed by atoms with Crippen molar-refractivity contribution < 1.29 is 19.4 Å². The minimum Gasteiger partial charge on any atom is -0.392 e. The number of benzene rings is 5. The van der Waals surface area contributed by atoms with Crippen LogP contribution in [0.3, 0.4) is 0 Å². The van der Waals surface area contributed by atoms with E-state index in [9.17, 15) is 9.90 Å². The number of amides is 1. The molecule has 0 unspecified atom stereocenters. The molecule has 5 aromatic carbocycles. The van der Waals surface area contributed by atoms with Crippen molar-refractivity contribution in [2.75, 3.05) is 13.6 Å². The summed E-state index contributed by atoms with van der Waals surface area (Å²) in [7, 11) is 2.16. The Morgan fingerprint density at radius 1 is 0.846 bits per heavy atom. The van der Waals surface area contributed by atoms with Crippen LogP contribution < -0.4 is 5.32 Å². The number of likely N-dealkylation sites (N-methyl/N-ethyl adjacent to an activating group) is 1. The van der Waals surface area contributed by atoms with E-state index >= 15 is 0 Å². The van der Waals surface area contributed by atoms with Gasteiger partial charge in [-0.15, -0.1) is 0 Å². The van der Waals surface area contributed by atoms with Crippen LogP contribution in [0, 0.1) is 5.92 Å². The van der Waals surface area contributed by atoms with E-state index in [0.29, 0.717) is 12.1 Å². The number of fused-ring (bicyclic) bond motifs is 1. The highest BCUT2D eigenvalue weighted by atomic mass is 16.7. The smallest absolute Gasteiger partial charge is 0.253 e. The van der Waals surface area contributed by atoms with Gasteiger partial charge in [0.1, 0.15) is 0 Å². The Morgan fingerprint density at radius 2 is 1.58 bits per heavy atom. The summed E-state index contributed by atoms with van der Waals surface area (Å²) in [5.41, 5.74) is 7.76. The number of aliphatic hydroxyl groups excluding tert-OH is 1. The number of hydrogen-bond acceptors (Lipinski definition) is 6. The minimum atomic E-state index is -0.573. The molecule has 1 fully saturated rings. The van der Waals surface area contributed by atoms with Gasteiger partial charge in [0.2, 0.25) is 0 Å². The Labute approximate surface area is 305 Å². The maximum absolute atomic E-state index is 12.7. The van der Waals surface area contributed by atoms with Gasteiger partial charge in [0.25, 0.3) is 5.91 Å². The fourth-order valence-electron chi connectivity index (χ4n) is 7.04. The fraction of sp³-hybridized carbons (Fsp3) is 0.244. The number of carbonyl (C=O) groups is 1. The van der Waals surface area contributed by atoms with E-state index in [2.05, 4.69) is 121 Å². The second-order valence-corrected chi connectivity index (χ2v) is 13.7. The zero-order chi connectivity index (χ0) is 36.0. The summed E-state index contributed by atoms with van der Waals surface area (Å²) < 4.78 is 13.6. The molecule has 7 nitrogen and oxygen atoms in total. The van der Waals surface area contributed by atoms with Crippen LogP contribution >= 0.6 is 0 Å². The van der Waals surface area contributed by atoms with E-state index < -0.39 is 6.29 Å². The number of aliphatic hydroxyl groups is 1. The summed E-state index contributed by atoms with van der Waals surface area (Å²) in [5.74, 6) is -0.0954. The largest absolute Gasteiger partial charge is 0.392 e. The summed E-state index contributed by atoms with van der Waals surface area (Å²) >= 11 is 0.